The highest BCUT2D eigenvalue weighted by atomic mass is 19.4. The Kier molecular flexibility index (Phi) is 3.23. The van der Waals surface area contributed by atoms with Gasteiger partial charge in [0.2, 0.25) is 0 Å². The van der Waals surface area contributed by atoms with Gasteiger partial charge in [-0.3, -0.25) is 0 Å². The van der Waals surface area contributed by atoms with Gasteiger partial charge in [-0.25, -0.2) is 4.39 Å². The molecule has 0 saturated heterocycles. The lowest BCUT2D eigenvalue weighted by atomic mass is 9.81. The van der Waals surface area contributed by atoms with Crippen molar-refractivity contribution < 1.29 is 27.4 Å². The van der Waals surface area contributed by atoms with Crippen LogP contribution in [0.3, 0.4) is 0 Å². The van der Waals surface area contributed by atoms with Crippen LogP contribution in [0.15, 0.2) is 18.2 Å². The van der Waals surface area contributed by atoms with Gasteiger partial charge in [-0.05, 0) is 37.5 Å². The zero-order chi connectivity index (χ0) is 13.4. The number of benzene rings is 1. The van der Waals surface area contributed by atoms with Gasteiger partial charge >= 0.3 is 6.18 Å². The maximum Gasteiger partial charge on any atom is 0.419 e. The van der Waals surface area contributed by atoms with Gasteiger partial charge in [0.05, 0.1) is 11.2 Å². The molecule has 1 aliphatic carbocycles. The quantitative estimate of drug-likeness (QED) is 0.850. The standard InChI is InChI=1S/C12H12F4O2/c13-10-3-2-8(6-9(10)12(14,15)16)18-7-11(17)4-1-5-11/h2-3,6,17H,1,4-5,7H2. The monoisotopic (exact) mass is 264 g/mol. The Morgan fingerprint density at radius 3 is 2.44 bits per heavy atom. The zero-order valence-corrected chi connectivity index (χ0v) is 9.43. The van der Waals surface area contributed by atoms with Crippen LogP contribution < -0.4 is 4.74 Å². The Labute approximate surface area is 101 Å². The van der Waals surface area contributed by atoms with Gasteiger partial charge in [0.25, 0.3) is 0 Å². The minimum absolute atomic E-state index is 0.0735. The van der Waals surface area contributed by atoms with E-state index < -0.39 is 23.2 Å². The normalized spacial score (nSPS) is 18.3. The first kappa shape index (κ1) is 13.1. The topological polar surface area (TPSA) is 29.5 Å². The lowest BCUT2D eigenvalue weighted by molar-refractivity contribution is -0.140. The van der Waals surface area contributed by atoms with Crippen LogP contribution in [0.2, 0.25) is 0 Å². The molecule has 0 spiro atoms. The number of rotatable bonds is 3. The van der Waals surface area contributed by atoms with E-state index in [2.05, 4.69) is 0 Å². The highest BCUT2D eigenvalue weighted by molar-refractivity contribution is 5.31. The predicted octanol–water partition coefficient (Wildman–Crippen LogP) is 3.14. The molecule has 1 saturated carbocycles. The van der Waals surface area contributed by atoms with Crippen LogP contribution in [0.4, 0.5) is 17.6 Å². The second kappa shape index (κ2) is 4.42. The summed E-state index contributed by atoms with van der Waals surface area (Å²) in [7, 11) is 0. The summed E-state index contributed by atoms with van der Waals surface area (Å²) in [5.74, 6) is -1.43. The van der Waals surface area contributed by atoms with Gasteiger partial charge in [0, 0.05) is 0 Å². The third-order valence-corrected chi connectivity index (χ3v) is 3.04. The lowest BCUT2D eigenvalue weighted by Crippen LogP contribution is -2.42. The fourth-order valence-corrected chi connectivity index (χ4v) is 1.76. The van der Waals surface area contributed by atoms with Crippen molar-refractivity contribution in [2.24, 2.45) is 0 Å². The zero-order valence-electron chi connectivity index (χ0n) is 9.43. The molecule has 100 valence electrons. The van der Waals surface area contributed by atoms with Crippen molar-refractivity contribution in [2.45, 2.75) is 31.0 Å². The number of halogens is 4. The molecule has 0 aromatic heterocycles. The van der Waals surface area contributed by atoms with Gasteiger partial charge in [0.15, 0.2) is 0 Å². The second-order valence-electron chi connectivity index (χ2n) is 4.51. The molecule has 2 nitrogen and oxygen atoms in total. The van der Waals surface area contributed by atoms with Crippen molar-refractivity contribution in [3.63, 3.8) is 0 Å². The molecular weight excluding hydrogens is 252 g/mol. The van der Waals surface area contributed by atoms with Crippen LogP contribution >= 0.6 is 0 Å². The van der Waals surface area contributed by atoms with E-state index in [4.69, 9.17) is 4.74 Å². The Bertz CT molecular complexity index is 438. The number of aliphatic hydroxyl groups is 1. The Morgan fingerprint density at radius 1 is 1.28 bits per heavy atom. The highest BCUT2D eigenvalue weighted by Gasteiger charge is 2.36. The molecule has 1 fully saturated rings. The molecule has 1 aliphatic rings. The highest BCUT2D eigenvalue weighted by Crippen LogP contribution is 2.35. The number of ether oxygens (including phenoxy) is 1. The third kappa shape index (κ3) is 2.75. The third-order valence-electron chi connectivity index (χ3n) is 3.04. The van der Waals surface area contributed by atoms with Gasteiger partial charge in [-0.1, -0.05) is 0 Å². The average Bonchev–Trinajstić information content (AvgIpc) is 2.24. The summed E-state index contributed by atoms with van der Waals surface area (Å²) in [6, 6.07) is 2.44. The summed E-state index contributed by atoms with van der Waals surface area (Å²) in [4.78, 5) is 0. The van der Waals surface area contributed by atoms with Crippen LogP contribution in [0.1, 0.15) is 24.8 Å². The first-order valence-corrected chi connectivity index (χ1v) is 5.52. The molecule has 0 bridgehead atoms. The van der Waals surface area contributed by atoms with E-state index >= 15 is 0 Å². The van der Waals surface area contributed by atoms with Crippen molar-refractivity contribution in [1.29, 1.82) is 0 Å². The van der Waals surface area contributed by atoms with Crippen molar-refractivity contribution in [1.82, 2.24) is 0 Å². The summed E-state index contributed by atoms with van der Waals surface area (Å²) in [5, 5.41) is 9.73. The molecule has 0 amide bonds. The predicted molar refractivity (Wildman–Crippen MR) is 55.7 cm³/mol. The molecule has 0 radical (unpaired) electrons. The summed E-state index contributed by atoms with van der Waals surface area (Å²) < 4.78 is 55.4. The van der Waals surface area contributed by atoms with Crippen LogP contribution in [0.25, 0.3) is 0 Å². The fraction of sp³-hybridized carbons (Fsp3) is 0.500. The van der Waals surface area contributed by atoms with E-state index in [-0.39, 0.29) is 12.4 Å². The molecule has 0 aliphatic heterocycles. The summed E-state index contributed by atoms with van der Waals surface area (Å²) in [6.45, 7) is -0.0735. The van der Waals surface area contributed by atoms with Gasteiger partial charge < -0.3 is 9.84 Å². The maximum absolute atomic E-state index is 13.0. The van der Waals surface area contributed by atoms with Crippen LogP contribution in [-0.2, 0) is 6.18 Å². The van der Waals surface area contributed by atoms with Crippen LogP contribution in [0, 0.1) is 5.82 Å². The van der Waals surface area contributed by atoms with Crippen molar-refractivity contribution in [2.75, 3.05) is 6.61 Å². The molecule has 1 aromatic rings. The Hall–Kier alpha value is -1.30. The SMILES string of the molecule is OC1(COc2ccc(F)c(C(F)(F)F)c2)CCC1. The number of alkyl halides is 3. The van der Waals surface area contributed by atoms with E-state index in [9.17, 15) is 22.7 Å². The van der Waals surface area contributed by atoms with Crippen LogP contribution in [0.5, 0.6) is 5.75 Å². The molecule has 1 aromatic carbocycles. The molecule has 0 atom stereocenters. The van der Waals surface area contributed by atoms with E-state index in [0.717, 1.165) is 12.5 Å². The Balaban J connectivity index is 2.10. The first-order valence-electron chi connectivity index (χ1n) is 5.52. The van der Waals surface area contributed by atoms with E-state index in [0.29, 0.717) is 25.0 Å². The molecule has 1 N–H and O–H groups in total. The molecule has 0 heterocycles. The Morgan fingerprint density at radius 2 is 1.94 bits per heavy atom. The lowest BCUT2D eigenvalue weighted by Gasteiger charge is -2.36. The van der Waals surface area contributed by atoms with Gasteiger partial charge in [-0.15, -0.1) is 0 Å². The van der Waals surface area contributed by atoms with E-state index in [1.165, 1.54) is 0 Å². The van der Waals surface area contributed by atoms with Crippen molar-refractivity contribution >= 4 is 0 Å². The molecular formula is C12H12F4O2. The minimum Gasteiger partial charge on any atom is -0.491 e. The summed E-state index contributed by atoms with van der Waals surface area (Å²) in [5.41, 5.74) is -2.31. The molecule has 2 rings (SSSR count). The first-order chi connectivity index (χ1) is 8.30. The largest absolute Gasteiger partial charge is 0.491 e. The number of hydrogen-bond donors (Lipinski definition) is 1. The van der Waals surface area contributed by atoms with Gasteiger partial charge in [-0.2, -0.15) is 13.2 Å². The second-order valence-corrected chi connectivity index (χ2v) is 4.51. The average molecular weight is 264 g/mol. The smallest absolute Gasteiger partial charge is 0.419 e. The van der Waals surface area contributed by atoms with E-state index in [1.54, 1.807) is 0 Å². The summed E-state index contributed by atoms with van der Waals surface area (Å²) in [6.07, 6.45) is -2.74. The minimum atomic E-state index is -4.75. The maximum atomic E-state index is 13.0. The molecule has 0 unspecified atom stereocenters. The van der Waals surface area contributed by atoms with Crippen LogP contribution in [-0.4, -0.2) is 17.3 Å². The van der Waals surface area contributed by atoms with Crippen molar-refractivity contribution in [3.8, 4) is 5.75 Å². The fourth-order valence-electron chi connectivity index (χ4n) is 1.76. The van der Waals surface area contributed by atoms with Gasteiger partial charge in [0.1, 0.15) is 18.2 Å². The molecule has 18 heavy (non-hydrogen) atoms. The summed E-state index contributed by atoms with van der Waals surface area (Å²) >= 11 is 0. The number of hydrogen-bond acceptors (Lipinski definition) is 2. The van der Waals surface area contributed by atoms with E-state index in [1.807, 2.05) is 0 Å². The van der Waals surface area contributed by atoms with Crippen molar-refractivity contribution in [3.05, 3.63) is 29.6 Å². The molecule has 6 heteroatoms.